The lowest BCUT2D eigenvalue weighted by Gasteiger charge is -2.10. The Labute approximate surface area is 156 Å². The number of nitrogens with one attached hydrogen (secondary N) is 1. The largest absolute Gasteiger partial charge is 0.473 e. The minimum absolute atomic E-state index is 0.260. The Morgan fingerprint density at radius 3 is 2.85 bits per heavy atom. The summed E-state index contributed by atoms with van der Waals surface area (Å²) in [5.41, 5.74) is 4.30. The smallest absolute Gasteiger partial charge is 0.219 e. The van der Waals surface area contributed by atoms with Crippen LogP contribution in [0.25, 0.3) is 11.0 Å². The minimum atomic E-state index is -1.31. The van der Waals surface area contributed by atoms with Crippen LogP contribution in [0.2, 0.25) is 0 Å². The predicted octanol–water partition coefficient (Wildman–Crippen LogP) is 3.61. The third-order valence-corrected chi connectivity index (χ3v) is 5.84. The van der Waals surface area contributed by atoms with Crippen LogP contribution in [0.4, 0.5) is 0 Å². The molecule has 1 atom stereocenters. The van der Waals surface area contributed by atoms with Gasteiger partial charge in [0.2, 0.25) is 5.88 Å². The Morgan fingerprint density at radius 1 is 1.19 bits per heavy atom. The SMILES string of the molecule is Cc1c(CS(=O)c2nc3cscc3[nH]2)ncnc1OCc1ccccc1. The second-order valence-corrected chi connectivity index (χ2v) is 7.84. The summed E-state index contributed by atoms with van der Waals surface area (Å²) >= 11 is 1.56. The van der Waals surface area contributed by atoms with Crippen molar-refractivity contribution in [1.29, 1.82) is 0 Å². The van der Waals surface area contributed by atoms with Gasteiger partial charge >= 0.3 is 0 Å². The number of fused-ring (bicyclic) bond motifs is 1. The van der Waals surface area contributed by atoms with Gasteiger partial charge in [-0.1, -0.05) is 30.3 Å². The van der Waals surface area contributed by atoms with Crippen molar-refractivity contribution in [3.63, 3.8) is 0 Å². The van der Waals surface area contributed by atoms with E-state index in [1.807, 2.05) is 48.0 Å². The molecular formula is C18H16N4O2S2. The maximum Gasteiger partial charge on any atom is 0.219 e. The Balaban J connectivity index is 1.49. The molecule has 0 spiro atoms. The molecule has 0 aliphatic carbocycles. The molecule has 132 valence electrons. The quantitative estimate of drug-likeness (QED) is 0.549. The van der Waals surface area contributed by atoms with Crippen molar-refractivity contribution < 1.29 is 8.95 Å². The molecule has 0 fully saturated rings. The van der Waals surface area contributed by atoms with E-state index in [0.717, 1.165) is 22.2 Å². The van der Waals surface area contributed by atoms with Crippen LogP contribution in [-0.4, -0.2) is 24.1 Å². The lowest BCUT2D eigenvalue weighted by atomic mass is 10.2. The van der Waals surface area contributed by atoms with Crippen molar-refractivity contribution in [2.45, 2.75) is 24.4 Å². The number of rotatable bonds is 6. The zero-order valence-corrected chi connectivity index (χ0v) is 15.6. The van der Waals surface area contributed by atoms with Gasteiger partial charge in [0, 0.05) is 16.3 Å². The fourth-order valence-electron chi connectivity index (χ4n) is 2.51. The van der Waals surface area contributed by atoms with Crippen LogP contribution in [-0.2, 0) is 23.2 Å². The highest BCUT2D eigenvalue weighted by molar-refractivity contribution is 7.84. The highest BCUT2D eigenvalue weighted by atomic mass is 32.2. The molecular weight excluding hydrogens is 368 g/mol. The molecule has 6 nitrogen and oxygen atoms in total. The zero-order valence-electron chi connectivity index (χ0n) is 14.0. The van der Waals surface area contributed by atoms with Gasteiger partial charge in [-0.3, -0.25) is 4.21 Å². The van der Waals surface area contributed by atoms with Gasteiger partial charge in [-0.2, -0.15) is 0 Å². The number of imidazole rings is 1. The number of aromatic amines is 1. The van der Waals surface area contributed by atoms with Crippen molar-refractivity contribution in [3.8, 4) is 5.88 Å². The summed E-state index contributed by atoms with van der Waals surface area (Å²) < 4.78 is 18.5. The first-order valence-corrected chi connectivity index (χ1v) is 10.2. The van der Waals surface area contributed by atoms with E-state index in [1.54, 1.807) is 11.3 Å². The topological polar surface area (TPSA) is 80.8 Å². The standard InChI is InChI=1S/C18H16N4O2S2/c1-12-16(10-26(23)18-21-14-8-25-9-15(14)22-18)19-11-20-17(12)24-7-13-5-3-2-4-6-13/h2-6,8-9,11H,7,10H2,1H3,(H,21,22). The summed E-state index contributed by atoms with van der Waals surface area (Å²) in [6.45, 7) is 2.31. The summed E-state index contributed by atoms with van der Waals surface area (Å²) in [5, 5.41) is 4.35. The number of H-pyrrole nitrogens is 1. The molecule has 4 rings (SSSR count). The van der Waals surface area contributed by atoms with E-state index in [1.165, 1.54) is 6.33 Å². The normalized spacial score (nSPS) is 12.3. The third kappa shape index (κ3) is 3.51. The van der Waals surface area contributed by atoms with E-state index in [2.05, 4.69) is 19.9 Å². The number of hydrogen-bond donors (Lipinski definition) is 1. The number of hydrogen-bond acceptors (Lipinski definition) is 6. The van der Waals surface area contributed by atoms with E-state index < -0.39 is 10.8 Å². The van der Waals surface area contributed by atoms with E-state index >= 15 is 0 Å². The monoisotopic (exact) mass is 384 g/mol. The first kappa shape index (κ1) is 16.9. The maximum atomic E-state index is 12.6. The lowest BCUT2D eigenvalue weighted by molar-refractivity contribution is 0.290. The number of aromatic nitrogens is 4. The molecule has 0 bridgehead atoms. The predicted molar refractivity (Wildman–Crippen MR) is 102 cm³/mol. The van der Waals surface area contributed by atoms with Crippen LogP contribution in [0.5, 0.6) is 5.88 Å². The lowest BCUT2D eigenvalue weighted by Crippen LogP contribution is -2.06. The number of ether oxygens (including phenoxy) is 1. The Morgan fingerprint density at radius 2 is 2.04 bits per heavy atom. The second-order valence-electron chi connectivity index (χ2n) is 5.73. The van der Waals surface area contributed by atoms with Gasteiger partial charge in [0.1, 0.15) is 18.5 Å². The van der Waals surface area contributed by atoms with Crippen molar-refractivity contribution in [1.82, 2.24) is 19.9 Å². The van der Waals surface area contributed by atoms with Crippen LogP contribution < -0.4 is 4.74 Å². The third-order valence-electron chi connectivity index (χ3n) is 3.95. The fraction of sp³-hybridized carbons (Fsp3) is 0.167. The van der Waals surface area contributed by atoms with Crippen LogP contribution >= 0.6 is 11.3 Å². The molecule has 1 N–H and O–H groups in total. The van der Waals surface area contributed by atoms with Crippen LogP contribution in [0.1, 0.15) is 16.8 Å². The van der Waals surface area contributed by atoms with Gasteiger partial charge in [0.15, 0.2) is 5.16 Å². The van der Waals surface area contributed by atoms with Crippen LogP contribution in [0.15, 0.2) is 52.6 Å². The van der Waals surface area contributed by atoms with Gasteiger partial charge in [-0.15, -0.1) is 11.3 Å². The molecule has 4 aromatic rings. The van der Waals surface area contributed by atoms with E-state index in [0.29, 0.717) is 23.3 Å². The average molecular weight is 384 g/mol. The summed E-state index contributed by atoms with van der Waals surface area (Å²) in [4.78, 5) is 16.0. The molecule has 0 radical (unpaired) electrons. The minimum Gasteiger partial charge on any atom is -0.473 e. The summed E-state index contributed by atoms with van der Waals surface area (Å²) in [7, 11) is -1.31. The number of nitrogens with zero attached hydrogens (tertiary/aromatic N) is 3. The average Bonchev–Trinajstić information content (AvgIpc) is 3.25. The Bertz CT molecular complexity index is 1030. The van der Waals surface area contributed by atoms with Crippen LogP contribution in [0, 0.1) is 6.92 Å². The van der Waals surface area contributed by atoms with Crippen LogP contribution in [0.3, 0.4) is 0 Å². The van der Waals surface area contributed by atoms with Crippen molar-refractivity contribution >= 4 is 33.2 Å². The maximum absolute atomic E-state index is 12.6. The second kappa shape index (κ2) is 7.35. The van der Waals surface area contributed by atoms with Crippen molar-refractivity contribution in [2.75, 3.05) is 0 Å². The number of thiophene rings is 1. The van der Waals surface area contributed by atoms with E-state index in [9.17, 15) is 4.21 Å². The molecule has 3 aromatic heterocycles. The summed E-state index contributed by atoms with van der Waals surface area (Å²) in [6, 6.07) is 9.89. The zero-order chi connectivity index (χ0) is 17.9. The van der Waals surface area contributed by atoms with E-state index in [-0.39, 0.29) is 5.75 Å². The van der Waals surface area contributed by atoms with Gasteiger partial charge in [-0.25, -0.2) is 15.0 Å². The van der Waals surface area contributed by atoms with Gasteiger partial charge in [0.05, 0.1) is 27.8 Å². The molecule has 0 saturated carbocycles. The Kier molecular flexibility index (Phi) is 4.77. The number of benzene rings is 1. The summed E-state index contributed by atoms with van der Waals surface area (Å²) in [6.07, 6.45) is 1.44. The molecule has 8 heteroatoms. The molecule has 26 heavy (non-hydrogen) atoms. The van der Waals surface area contributed by atoms with E-state index in [4.69, 9.17) is 4.74 Å². The molecule has 0 aliphatic heterocycles. The molecule has 1 aromatic carbocycles. The van der Waals surface area contributed by atoms with Crippen molar-refractivity contribution in [3.05, 3.63) is 64.2 Å². The Hall–Kier alpha value is -2.58. The molecule has 0 amide bonds. The molecule has 1 unspecified atom stereocenters. The molecule has 0 aliphatic rings. The molecule has 0 saturated heterocycles. The first-order valence-electron chi connectivity index (χ1n) is 7.98. The van der Waals surface area contributed by atoms with Gasteiger partial charge in [0.25, 0.3) is 0 Å². The van der Waals surface area contributed by atoms with Gasteiger partial charge < -0.3 is 9.72 Å². The highest BCUT2D eigenvalue weighted by Crippen LogP contribution is 2.22. The first-order chi connectivity index (χ1) is 12.7. The van der Waals surface area contributed by atoms with Crippen molar-refractivity contribution in [2.24, 2.45) is 0 Å². The highest BCUT2D eigenvalue weighted by Gasteiger charge is 2.16. The summed E-state index contributed by atoms with van der Waals surface area (Å²) in [5.74, 6) is 0.770. The fourth-order valence-corrected chi connectivity index (χ4v) is 4.30. The van der Waals surface area contributed by atoms with Gasteiger partial charge in [-0.05, 0) is 12.5 Å². The molecule has 3 heterocycles.